The van der Waals surface area contributed by atoms with Crippen LogP contribution in [0.2, 0.25) is 0 Å². The zero-order chi connectivity index (χ0) is 86.2. The maximum atomic E-state index is 10.9. The number of hydrogen-bond donors (Lipinski definition) is 6. The number of aliphatic hydroxyl groups excluding tert-OH is 2. The molecule has 7 aromatic heterocycles. The van der Waals surface area contributed by atoms with Crippen LogP contribution in [0.5, 0.6) is 17.2 Å². The van der Waals surface area contributed by atoms with Crippen molar-refractivity contribution in [2.45, 2.75) is 170 Å². The van der Waals surface area contributed by atoms with Gasteiger partial charge in [-0.1, -0.05) is 37.9 Å². The molecule has 15 rings (SSSR count). The maximum Gasteiger partial charge on any atom is 0.488 e. The molecule has 0 radical (unpaired) electrons. The predicted octanol–water partition coefficient (Wildman–Crippen LogP) is 18.3. The second-order valence-corrected chi connectivity index (χ2v) is 35.8. The molecule has 31 heteroatoms. The second kappa shape index (κ2) is 37.0. The van der Waals surface area contributed by atoms with Gasteiger partial charge in [0.1, 0.15) is 40.5 Å². The van der Waals surface area contributed by atoms with Gasteiger partial charge in [0.05, 0.1) is 107 Å². The Bertz CT molecular complexity index is 5540. The lowest BCUT2D eigenvalue weighted by Crippen LogP contribution is -2.41. The average Bonchev–Trinajstić information content (AvgIpc) is 1.60. The lowest BCUT2D eigenvalue weighted by Gasteiger charge is -2.32. The Morgan fingerprint density at radius 3 is 1.30 bits per heavy atom. The van der Waals surface area contributed by atoms with Gasteiger partial charge >= 0.3 is 14.0 Å². The zero-order valence-electron chi connectivity index (χ0n) is 70.4. The molecule has 0 bridgehead atoms. The normalized spacial score (nSPS) is 14.4. The molecule has 0 amide bonds. The van der Waals surface area contributed by atoms with E-state index in [0.717, 1.165) is 116 Å². The summed E-state index contributed by atoms with van der Waals surface area (Å²) in [6.45, 7) is 35.3. The summed E-state index contributed by atoms with van der Waals surface area (Å²) in [5, 5.41) is 34.6. The molecule has 9 heterocycles. The number of nitrogens with zero attached hydrogens (tertiary/aromatic N) is 12. The molecule has 2 fully saturated rings. The number of rotatable bonds is 14. The number of ether oxygens (including phenoxy) is 3. The van der Waals surface area contributed by atoms with Crippen LogP contribution >= 0.6 is 47.8 Å². The van der Waals surface area contributed by atoms with Crippen LogP contribution in [0.25, 0.3) is 73.0 Å². The van der Waals surface area contributed by atoms with Gasteiger partial charge in [-0.25, -0.2) is 34.0 Å². The van der Waals surface area contributed by atoms with Crippen molar-refractivity contribution in [1.82, 2.24) is 58.4 Å². The Balaban J connectivity index is 0.000000157. The van der Waals surface area contributed by atoms with Crippen LogP contribution in [0.1, 0.15) is 139 Å². The number of nitrogen functional groups attached to an aromatic ring is 3. The van der Waals surface area contributed by atoms with E-state index in [9.17, 15) is 9.90 Å². The van der Waals surface area contributed by atoms with Crippen LogP contribution in [0.15, 0.2) is 203 Å². The number of nitrogens with one attached hydrogen (secondary N) is 1. The van der Waals surface area contributed by atoms with Crippen molar-refractivity contribution in [2.24, 2.45) is 0 Å². The highest BCUT2D eigenvalue weighted by molar-refractivity contribution is 9.11. The molecule has 118 heavy (non-hydrogen) atoms. The standard InChI is InChI=1S/C27H28N6O2.C21H21BrN4O.C12H24B2O4.C11H10N2O2.C10H15BrN2.C6H7BrN2O/c1-27(2,3)33-24-8-6-17(18-12-19(16-34)25(28)29-15-18)13-22(24)31-26(33)21-14-20(35-4)7-9-23(21)32-11-5-10-30-32;1-21(2,3)26-19-8-6-14(22)12-17(19)24-20(26)16-13-15(27-4)7-9-18(16)25-11-5-10-23-25;1-9(2)10(3,4)16-13(15-9)14-17-11(5,6)12(7,8)18-14;1-15-10-3-4-11(9(7-10)8-14)13-6-2-5-12-13;1-10(2,3)13-9-5-4-7(11)6-8(9)12;7-5-1-4(3-10)6(8)9-2-5/h5-15,34H,16H2,1-4H3,(H2,28,29);5-13H,1-4H3;1-8H3;2-8H,1H3;4-6,13H,12H2,1-3H3;1-2,10H,3H2,(H2,8,9). The fraction of sp³-hybridized carbons (Fsp3) is 0.333. The Kier molecular flexibility index (Phi) is 28.2. The average molecular weight is 1800 g/mol. The van der Waals surface area contributed by atoms with Crippen LogP contribution < -0.4 is 36.7 Å². The van der Waals surface area contributed by atoms with E-state index in [1.165, 1.54) is 0 Å². The molecule has 0 spiro atoms. The first-order valence-corrected chi connectivity index (χ1v) is 40.5. The van der Waals surface area contributed by atoms with Crippen LogP contribution in [0.3, 0.4) is 0 Å². The number of halogens is 3. The predicted molar refractivity (Wildman–Crippen MR) is 481 cm³/mol. The van der Waals surface area contributed by atoms with Gasteiger partial charge in [-0.15, -0.1) is 0 Å². The molecular formula is C87H105B2Br3N16O10. The first-order chi connectivity index (χ1) is 55.5. The molecule has 26 nitrogen and oxygen atoms in total. The van der Waals surface area contributed by atoms with Gasteiger partial charge in [0.15, 0.2) is 6.29 Å². The smallest absolute Gasteiger partial charge is 0.488 e. The largest absolute Gasteiger partial charge is 0.497 e. The van der Waals surface area contributed by atoms with E-state index in [2.05, 4.69) is 174 Å². The van der Waals surface area contributed by atoms with Crippen LogP contribution in [-0.4, -0.2) is 138 Å². The number of benzene rings is 6. The number of anilines is 4. The number of aliphatic hydroxyl groups is 2. The molecule has 9 N–H and O–H groups in total. The molecule has 13 aromatic rings. The van der Waals surface area contributed by atoms with Gasteiger partial charge in [-0.3, -0.25) is 4.79 Å². The summed E-state index contributed by atoms with van der Waals surface area (Å²) >= 11 is 10.1. The fourth-order valence-corrected chi connectivity index (χ4v) is 13.9. The summed E-state index contributed by atoms with van der Waals surface area (Å²) in [5.74, 6) is 4.61. The topological polar surface area (TPSA) is 327 Å². The molecule has 0 saturated carbocycles. The molecule has 0 atom stereocenters. The van der Waals surface area contributed by atoms with Gasteiger partial charge < -0.3 is 74.7 Å². The number of aromatic nitrogens is 12. The quantitative estimate of drug-likeness (QED) is 0.0335. The zero-order valence-corrected chi connectivity index (χ0v) is 75.2. The lowest BCUT2D eigenvalue weighted by molar-refractivity contribution is 0.00578. The van der Waals surface area contributed by atoms with Gasteiger partial charge in [0.25, 0.3) is 0 Å². The number of methoxy groups -OCH3 is 3. The number of aldehydes is 1. The Morgan fingerprint density at radius 1 is 0.483 bits per heavy atom. The molecular weight excluding hydrogens is 1690 g/mol. The number of pyridine rings is 2. The summed E-state index contributed by atoms with van der Waals surface area (Å²) in [6.07, 6.45) is 14.9. The van der Waals surface area contributed by atoms with Crippen molar-refractivity contribution < 1.29 is 47.8 Å². The van der Waals surface area contributed by atoms with E-state index in [1.807, 2.05) is 162 Å². The fourth-order valence-electron chi connectivity index (χ4n) is 12.7. The summed E-state index contributed by atoms with van der Waals surface area (Å²) < 4.78 is 52.6. The highest BCUT2D eigenvalue weighted by Gasteiger charge is 2.64. The van der Waals surface area contributed by atoms with Crippen molar-refractivity contribution in [2.75, 3.05) is 43.8 Å². The maximum absolute atomic E-state index is 10.9. The number of imidazole rings is 2. The van der Waals surface area contributed by atoms with E-state index >= 15 is 0 Å². The van der Waals surface area contributed by atoms with Gasteiger partial charge in [0, 0.05) is 113 Å². The van der Waals surface area contributed by atoms with E-state index < -0.39 is 14.0 Å². The molecule has 2 aliphatic rings. The lowest BCUT2D eigenvalue weighted by atomic mass is 9.49. The van der Waals surface area contributed by atoms with E-state index in [1.54, 1.807) is 93.5 Å². The summed E-state index contributed by atoms with van der Waals surface area (Å²) in [7, 11) is 3.95. The molecule has 2 saturated heterocycles. The highest BCUT2D eigenvalue weighted by Crippen LogP contribution is 2.45. The number of hydrogen-bond acceptors (Lipinski definition) is 21. The third-order valence-corrected chi connectivity index (χ3v) is 21.5. The summed E-state index contributed by atoms with van der Waals surface area (Å²) in [4.78, 5) is 29.1. The first-order valence-electron chi connectivity index (χ1n) is 38.2. The van der Waals surface area contributed by atoms with Gasteiger partial charge in [0.2, 0.25) is 0 Å². The minimum atomic E-state index is -0.476. The minimum Gasteiger partial charge on any atom is -0.497 e. The van der Waals surface area contributed by atoms with Crippen LogP contribution in [0.4, 0.5) is 23.0 Å². The van der Waals surface area contributed by atoms with Crippen molar-refractivity contribution in [3.05, 3.63) is 219 Å². The third-order valence-electron chi connectivity index (χ3n) is 20.0. The highest BCUT2D eigenvalue weighted by atomic mass is 79.9. The van der Waals surface area contributed by atoms with Crippen molar-refractivity contribution in [3.8, 4) is 68.2 Å². The molecule has 2 aliphatic heterocycles. The summed E-state index contributed by atoms with van der Waals surface area (Å²) in [5.41, 5.74) is 29.1. The van der Waals surface area contributed by atoms with Crippen molar-refractivity contribution in [1.29, 1.82) is 0 Å². The number of nitrogens with two attached hydrogens (primary N) is 3. The van der Waals surface area contributed by atoms with Gasteiger partial charge in [-0.05, 0) is 273 Å². The van der Waals surface area contributed by atoms with Crippen LogP contribution in [-0.2, 0) is 42.9 Å². The Hall–Kier alpha value is -10.2. The van der Waals surface area contributed by atoms with Crippen molar-refractivity contribution >= 4 is 113 Å². The summed E-state index contributed by atoms with van der Waals surface area (Å²) in [6, 6.07) is 44.6. The monoisotopic (exact) mass is 1790 g/mol. The number of fused-ring (bicyclic) bond motifs is 2. The third kappa shape index (κ3) is 21.3. The number of carbonyl (C=O) groups excluding carboxylic acids is 1. The van der Waals surface area contributed by atoms with E-state index in [0.29, 0.717) is 34.1 Å². The second-order valence-electron chi connectivity index (χ2n) is 33.0. The molecule has 6 aromatic carbocycles. The molecule has 0 aliphatic carbocycles. The first kappa shape index (κ1) is 90.1. The van der Waals surface area contributed by atoms with E-state index in [-0.39, 0.29) is 52.2 Å². The van der Waals surface area contributed by atoms with Crippen LogP contribution in [0, 0.1) is 0 Å². The Morgan fingerprint density at radius 2 is 0.890 bits per heavy atom. The van der Waals surface area contributed by atoms with E-state index in [4.69, 9.17) is 65.1 Å². The minimum absolute atomic E-state index is 0.0436. The van der Waals surface area contributed by atoms with Gasteiger partial charge in [-0.2, -0.15) is 15.3 Å². The number of carbonyl (C=O) groups is 1. The Labute approximate surface area is 715 Å². The molecule has 0 unspecified atom stereocenters. The van der Waals surface area contributed by atoms with Crippen molar-refractivity contribution in [3.63, 3.8) is 0 Å². The SMILES string of the molecule is CC(C)(C)Nc1ccc(Br)cc1N.CC1(C)OB(B2OC(C)(C)C(C)(C)O2)OC1(C)C.COc1ccc(-n2cccn2)c(-c2nc3cc(-c4cnc(N)c(CO)c4)ccc3n2C(C)(C)C)c1.COc1ccc(-n2cccn2)c(-c2nc3cc(Br)ccc3n2C(C)(C)C)c1.COc1ccc(-n2cccn2)c(C=O)c1.Nc1ncc(Br)cc1CO. The molecule has 620 valence electrons.